The summed E-state index contributed by atoms with van der Waals surface area (Å²) in [6.07, 6.45) is 2.04. The second-order valence-electron chi connectivity index (χ2n) is 7.16. The maximum Gasteiger partial charge on any atom is 0.256 e. The van der Waals surface area contributed by atoms with Crippen LogP contribution in [-0.2, 0) is 9.84 Å². The van der Waals surface area contributed by atoms with Crippen molar-refractivity contribution in [2.75, 3.05) is 13.1 Å². The Morgan fingerprint density at radius 1 is 1.00 bits per heavy atom. The van der Waals surface area contributed by atoms with Crippen molar-refractivity contribution in [3.8, 4) is 11.3 Å². The third-order valence-corrected chi connectivity index (χ3v) is 7.60. The lowest BCUT2D eigenvalue weighted by atomic mass is 10.1. The largest absolute Gasteiger partial charge is 0.464 e. The number of carbonyl (C=O) groups excluding carboxylic acids is 1. The fourth-order valence-corrected chi connectivity index (χ4v) is 5.38. The molecule has 5 nitrogen and oxygen atoms in total. The maximum absolute atomic E-state index is 13.9. The fourth-order valence-electron chi connectivity index (χ4n) is 3.65. The van der Waals surface area contributed by atoms with Gasteiger partial charge in [0.1, 0.15) is 17.4 Å². The van der Waals surface area contributed by atoms with Crippen molar-refractivity contribution in [2.24, 2.45) is 0 Å². The number of rotatable bonds is 4. The molecule has 1 aromatic heterocycles. The normalized spacial score (nSPS) is 15.3. The lowest BCUT2D eigenvalue weighted by Gasteiger charge is -2.32. The summed E-state index contributed by atoms with van der Waals surface area (Å²) in [4.78, 5) is 14.1. The molecule has 1 aliphatic heterocycles. The Balaban J connectivity index is 1.44. The maximum atomic E-state index is 13.9. The van der Waals surface area contributed by atoms with Gasteiger partial charge in [-0.2, -0.15) is 0 Å². The van der Waals surface area contributed by atoms with E-state index >= 15 is 0 Å². The number of hydrogen-bond donors (Lipinski definition) is 0. The zero-order valence-electron chi connectivity index (χ0n) is 15.9. The third-order valence-electron chi connectivity index (χ3n) is 5.32. The minimum atomic E-state index is -3.57. The Kier molecular flexibility index (Phi) is 5.42. The summed E-state index contributed by atoms with van der Waals surface area (Å²) in [5, 5.41) is -0.630. The van der Waals surface area contributed by atoms with Crippen molar-refractivity contribution in [2.45, 2.75) is 23.0 Å². The van der Waals surface area contributed by atoms with Gasteiger partial charge in [0.15, 0.2) is 9.84 Å². The third kappa shape index (κ3) is 3.87. The van der Waals surface area contributed by atoms with Gasteiger partial charge in [-0.05, 0) is 61.4 Å². The van der Waals surface area contributed by atoms with E-state index in [4.69, 9.17) is 4.42 Å². The fraction of sp³-hybridized carbons (Fsp3) is 0.227. The van der Waals surface area contributed by atoms with Gasteiger partial charge in [0.2, 0.25) is 0 Å². The first-order chi connectivity index (χ1) is 14.4. The van der Waals surface area contributed by atoms with E-state index in [1.54, 1.807) is 42.7 Å². The molecule has 0 N–H and O–H groups in total. The summed E-state index contributed by atoms with van der Waals surface area (Å²) < 4.78 is 58.3. The summed E-state index contributed by atoms with van der Waals surface area (Å²) in [5.74, 6) is -1.59. The van der Waals surface area contributed by atoms with E-state index in [1.807, 2.05) is 0 Å². The highest BCUT2D eigenvalue weighted by Gasteiger charge is 2.33. The molecule has 0 saturated carbocycles. The average molecular weight is 431 g/mol. The van der Waals surface area contributed by atoms with Gasteiger partial charge in [-0.15, -0.1) is 0 Å². The van der Waals surface area contributed by atoms with Crippen molar-refractivity contribution in [1.82, 2.24) is 4.90 Å². The minimum Gasteiger partial charge on any atom is -0.464 e. The molecule has 0 radical (unpaired) electrons. The van der Waals surface area contributed by atoms with Crippen LogP contribution in [0.2, 0.25) is 0 Å². The van der Waals surface area contributed by atoms with E-state index < -0.39 is 32.6 Å². The van der Waals surface area contributed by atoms with Crippen molar-refractivity contribution < 1.29 is 26.4 Å². The predicted molar refractivity (Wildman–Crippen MR) is 107 cm³/mol. The van der Waals surface area contributed by atoms with Crippen LogP contribution in [0.25, 0.3) is 11.3 Å². The van der Waals surface area contributed by atoms with E-state index in [0.29, 0.717) is 11.8 Å². The number of benzene rings is 2. The molecule has 156 valence electrons. The molecule has 0 spiro atoms. The van der Waals surface area contributed by atoms with Crippen LogP contribution in [-0.4, -0.2) is 37.6 Å². The number of hydrogen-bond acceptors (Lipinski definition) is 4. The highest BCUT2D eigenvalue weighted by atomic mass is 32.2. The number of furan rings is 1. The quantitative estimate of drug-likeness (QED) is 0.618. The smallest absolute Gasteiger partial charge is 0.256 e. The van der Waals surface area contributed by atoms with Crippen LogP contribution in [0, 0.1) is 11.6 Å². The highest BCUT2D eigenvalue weighted by molar-refractivity contribution is 7.92. The molecule has 0 bridgehead atoms. The van der Waals surface area contributed by atoms with E-state index in [1.165, 1.54) is 4.90 Å². The number of sulfone groups is 1. The van der Waals surface area contributed by atoms with E-state index in [9.17, 15) is 22.0 Å². The van der Waals surface area contributed by atoms with Gasteiger partial charge in [-0.1, -0.05) is 0 Å². The van der Waals surface area contributed by atoms with Crippen molar-refractivity contribution in [3.05, 3.63) is 78.1 Å². The number of amides is 1. The zero-order chi connectivity index (χ0) is 21.3. The second kappa shape index (κ2) is 8.02. The zero-order valence-corrected chi connectivity index (χ0v) is 16.7. The predicted octanol–water partition coefficient (Wildman–Crippen LogP) is 4.30. The van der Waals surface area contributed by atoms with E-state index in [0.717, 1.165) is 17.7 Å². The van der Waals surface area contributed by atoms with Crippen LogP contribution in [0.5, 0.6) is 0 Å². The molecule has 0 aliphatic carbocycles. The molecular weight excluding hydrogens is 412 g/mol. The molecule has 1 fully saturated rings. The van der Waals surface area contributed by atoms with Crippen molar-refractivity contribution >= 4 is 15.7 Å². The van der Waals surface area contributed by atoms with E-state index in [2.05, 4.69) is 0 Å². The number of piperidine rings is 1. The molecule has 3 aromatic rings. The molecule has 8 heteroatoms. The Hall–Kier alpha value is -3.00. The van der Waals surface area contributed by atoms with Gasteiger partial charge in [0.05, 0.1) is 22.0 Å². The molecule has 1 amide bonds. The number of likely N-dealkylation sites (tertiary alicyclic amines) is 1. The lowest BCUT2D eigenvalue weighted by molar-refractivity contribution is 0.0721. The van der Waals surface area contributed by atoms with Crippen LogP contribution in [0.4, 0.5) is 8.78 Å². The standard InChI is InChI=1S/C22H19F2NO4S/c23-16-5-8-19(20(24)14-16)22(26)25-11-9-18(10-12-25)30(27,28)17-6-3-15(4-7-17)21-2-1-13-29-21/h1-8,13-14,18H,9-12H2. The topological polar surface area (TPSA) is 67.6 Å². The molecule has 0 unspecified atom stereocenters. The van der Waals surface area contributed by atoms with Crippen molar-refractivity contribution in [3.63, 3.8) is 0 Å². The number of carbonyl (C=O) groups is 1. The van der Waals surface area contributed by atoms with Gasteiger partial charge in [0.25, 0.3) is 5.91 Å². The molecule has 1 aliphatic rings. The van der Waals surface area contributed by atoms with Crippen LogP contribution in [0.1, 0.15) is 23.2 Å². The summed E-state index contributed by atoms with van der Waals surface area (Å²) in [6.45, 7) is 0.369. The molecule has 4 rings (SSSR count). The van der Waals surface area contributed by atoms with Gasteiger partial charge in [-0.3, -0.25) is 4.79 Å². The summed E-state index contributed by atoms with van der Waals surface area (Å²) in [5.41, 5.74) is 0.562. The van der Waals surface area contributed by atoms with Crippen LogP contribution >= 0.6 is 0 Å². The highest BCUT2D eigenvalue weighted by Crippen LogP contribution is 2.28. The Morgan fingerprint density at radius 3 is 2.30 bits per heavy atom. The molecular formula is C22H19F2NO4S. The molecule has 1 saturated heterocycles. The van der Waals surface area contributed by atoms with E-state index in [-0.39, 0.29) is 36.4 Å². The Morgan fingerprint density at radius 2 is 1.70 bits per heavy atom. The summed E-state index contributed by atoms with van der Waals surface area (Å²) >= 11 is 0. The minimum absolute atomic E-state index is 0.185. The van der Waals surface area contributed by atoms with Gasteiger partial charge < -0.3 is 9.32 Å². The average Bonchev–Trinajstić information content (AvgIpc) is 3.28. The summed E-state index contributed by atoms with van der Waals surface area (Å²) in [7, 11) is -3.57. The number of halogens is 2. The molecule has 30 heavy (non-hydrogen) atoms. The first-order valence-electron chi connectivity index (χ1n) is 9.48. The van der Waals surface area contributed by atoms with Gasteiger partial charge in [-0.25, -0.2) is 17.2 Å². The van der Waals surface area contributed by atoms with Crippen molar-refractivity contribution in [1.29, 1.82) is 0 Å². The second-order valence-corrected chi connectivity index (χ2v) is 9.39. The molecule has 0 atom stereocenters. The summed E-state index contributed by atoms with van der Waals surface area (Å²) in [6, 6.07) is 12.8. The van der Waals surface area contributed by atoms with Crippen LogP contribution < -0.4 is 0 Å². The Bertz CT molecular complexity index is 1150. The molecule has 2 aromatic carbocycles. The Labute approximate surface area is 172 Å². The monoisotopic (exact) mass is 431 g/mol. The van der Waals surface area contributed by atoms with Crippen LogP contribution in [0.15, 0.2) is 70.2 Å². The number of nitrogens with zero attached hydrogens (tertiary/aromatic N) is 1. The lowest BCUT2D eigenvalue weighted by Crippen LogP contribution is -2.42. The van der Waals surface area contributed by atoms with Gasteiger partial charge in [0, 0.05) is 24.7 Å². The first kappa shape index (κ1) is 20.3. The SMILES string of the molecule is O=C(c1ccc(F)cc1F)N1CCC(S(=O)(=O)c2ccc(-c3ccco3)cc2)CC1. The van der Waals surface area contributed by atoms with Crippen LogP contribution in [0.3, 0.4) is 0 Å². The van der Waals surface area contributed by atoms with Gasteiger partial charge >= 0.3 is 0 Å². The molecule has 2 heterocycles. The first-order valence-corrected chi connectivity index (χ1v) is 11.0.